The van der Waals surface area contributed by atoms with Crippen LogP contribution >= 0.6 is 0 Å². The first-order valence-electron chi connectivity index (χ1n) is 16.6. The number of aromatic nitrogens is 6. The molecule has 0 radical (unpaired) electrons. The van der Waals surface area contributed by atoms with Crippen LogP contribution in [-0.4, -0.2) is 108 Å². The van der Waals surface area contributed by atoms with Crippen LogP contribution in [0.3, 0.4) is 0 Å². The van der Waals surface area contributed by atoms with E-state index in [1.54, 1.807) is 0 Å². The van der Waals surface area contributed by atoms with Crippen LogP contribution in [0, 0.1) is 0 Å². The minimum atomic E-state index is -4.84. The minimum absolute atomic E-state index is 0.0286. The van der Waals surface area contributed by atoms with Crippen molar-refractivity contribution in [3.05, 3.63) is 47.5 Å². The average molecular weight is 817 g/mol. The molecule has 0 saturated heterocycles. The number of nitrogens with one attached hydrogen (secondary N) is 6. The number of rotatable bonds is 20. The maximum atomic E-state index is 12.5. The number of methoxy groups -OCH3 is 2. The highest BCUT2D eigenvalue weighted by Crippen LogP contribution is 2.28. The van der Waals surface area contributed by atoms with E-state index >= 15 is 0 Å². The SMILES string of the molecule is COc1nc(NCCCNC(C)=O)nc(Nc2ccc(C=Cc3ccc(Nc4nc(NCCCNC(C)=O)nc(OC)n4)cc3S(=O)(=O)O)c(S(=O)(=O)O)c2)n1. The second-order valence-corrected chi connectivity index (χ2v) is 14.3. The molecule has 24 heteroatoms. The molecule has 56 heavy (non-hydrogen) atoms. The highest BCUT2D eigenvalue weighted by molar-refractivity contribution is 7.86. The Morgan fingerprint density at radius 2 is 0.982 bits per heavy atom. The summed E-state index contributed by atoms with van der Waals surface area (Å²) in [7, 11) is -6.99. The zero-order valence-electron chi connectivity index (χ0n) is 30.5. The summed E-state index contributed by atoms with van der Waals surface area (Å²) in [4.78, 5) is 46.0. The van der Waals surface area contributed by atoms with E-state index in [9.17, 15) is 35.5 Å². The van der Waals surface area contributed by atoms with Crippen molar-refractivity contribution in [3.63, 3.8) is 0 Å². The minimum Gasteiger partial charge on any atom is -0.467 e. The number of benzene rings is 2. The molecule has 4 aromatic rings. The maximum absolute atomic E-state index is 12.5. The largest absolute Gasteiger partial charge is 0.467 e. The summed E-state index contributed by atoms with van der Waals surface area (Å²) in [5.74, 6) is -0.112. The van der Waals surface area contributed by atoms with Gasteiger partial charge in [-0.15, -0.1) is 0 Å². The first-order valence-corrected chi connectivity index (χ1v) is 19.4. The lowest BCUT2D eigenvalue weighted by Gasteiger charge is -2.12. The molecule has 0 bridgehead atoms. The van der Waals surface area contributed by atoms with Gasteiger partial charge >= 0.3 is 12.0 Å². The molecule has 8 N–H and O–H groups in total. The van der Waals surface area contributed by atoms with Gasteiger partial charge in [0.15, 0.2) is 0 Å². The van der Waals surface area contributed by atoms with Gasteiger partial charge in [-0.1, -0.05) is 24.3 Å². The predicted molar refractivity (Wildman–Crippen MR) is 204 cm³/mol. The lowest BCUT2D eigenvalue weighted by molar-refractivity contribution is -0.119. The number of ether oxygens (including phenoxy) is 2. The van der Waals surface area contributed by atoms with Crippen LogP contribution in [-0.2, 0) is 29.8 Å². The Kier molecular flexibility index (Phi) is 14.7. The van der Waals surface area contributed by atoms with Crippen molar-refractivity contribution in [1.29, 1.82) is 0 Å². The third-order valence-electron chi connectivity index (χ3n) is 7.15. The Labute approximate surface area is 321 Å². The van der Waals surface area contributed by atoms with E-state index in [1.807, 2.05) is 0 Å². The number of hydrogen-bond donors (Lipinski definition) is 8. The van der Waals surface area contributed by atoms with E-state index in [0.29, 0.717) is 39.0 Å². The van der Waals surface area contributed by atoms with Crippen LogP contribution in [0.5, 0.6) is 12.0 Å². The first kappa shape index (κ1) is 42.5. The van der Waals surface area contributed by atoms with Crippen molar-refractivity contribution < 1.29 is 45.0 Å². The van der Waals surface area contributed by atoms with E-state index < -0.39 is 30.0 Å². The predicted octanol–water partition coefficient (Wildman–Crippen LogP) is 2.10. The van der Waals surface area contributed by atoms with Gasteiger partial charge in [-0.3, -0.25) is 18.7 Å². The molecule has 2 aromatic carbocycles. The van der Waals surface area contributed by atoms with Crippen molar-refractivity contribution >= 4 is 79.4 Å². The number of hydrogen-bond acceptors (Lipinski definition) is 18. The summed E-state index contributed by atoms with van der Waals surface area (Å²) in [6.45, 7) is 4.47. The van der Waals surface area contributed by atoms with Crippen LogP contribution in [0.4, 0.5) is 35.2 Å². The summed E-state index contributed by atoms with van der Waals surface area (Å²) in [6, 6.07) is 7.69. The lowest BCUT2D eigenvalue weighted by atomic mass is 10.1. The monoisotopic (exact) mass is 816 g/mol. The molecule has 2 amide bonds. The quantitative estimate of drug-likeness (QED) is 0.0360. The molecule has 0 aliphatic heterocycles. The van der Waals surface area contributed by atoms with Gasteiger partial charge in [0.05, 0.1) is 14.2 Å². The number of carbonyl (C=O) groups excluding carboxylic acids is 2. The molecule has 2 aromatic heterocycles. The first-order chi connectivity index (χ1) is 26.5. The molecule has 22 nitrogen and oxygen atoms in total. The summed E-state index contributed by atoms with van der Waals surface area (Å²) in [5.41, 5.74) is 0.218. The second-order valence-electron chi connectivity index (χ2n) is 11.5. The standard InChI is InChI=1S/C32H40N12O10S2/c1-19(45)33-13-5-15-35-27-39-29(43-31(41-27)53-3)37-23-11-9-21(25(17-23)55(47,48)49)7-8-22-10-12-24(18-26(22)56(50,51)52)38-30-40-28(42-32(44-30)54-4)36-16-6-14-34-20(2)46/h7-12,17-18H,5-6,13-16H2,1-4H3,(H,33,45)(H,34,46)(H,47,48,49)(H,50,51,52)(H2,35,37,39,41,43)(H2,36,38,40,42,44). The van der Waals surface area contributed by atoms with Crippen LogP contribution in [0.25, 0.3) is 12.2 Å². The van der Waals surface area contributed by atoms with Gasteiger partial charge < -0.3 is 41.4 Å². The Balaban J connectivity index is 1.56. The topological polar surface area (TPSA) is 311 Å². The number of carbonyl (C=O) groups is 2. The highest BCUT2D eigenvalue weighted by atomic mass is 32.2. The normalized spacial score (nSPS) is 11.5. The van der Waals surface area contributed by atoms with E-state index in [2.05, 4.69) is 61.8 Å². The summed E-state index contributed by atoms with van der Waals surface area (Å²) in [5, 5.41) is 17.0. The number of anilines is 6. The molecule has 0 saturated carbocycles. The van der Waals surface area contributed by atoms with Crippen molar-refractivity contribution in [2.24, 2.45) is 0 Å². The van der Waals surface area contributed by atoms with Gasteiger partial charge in [-0.25, -0.2) is 0 Å². The number of amides is 2. The van der Waals surface area contributed by atoms with Crippen molar-refractivity contribution in [2.75, 3.05) is 61.7 Å². The van der Waals surface area contributed by atoms with Gasteiger partial charge in [0, 0.05) is 51.4 Å². The van der Waals surface area contributed by atoms with Crippen LogP contribution in [0.2, 0.25) is 0 Å². The van der Waals surface area contributed by atoms with E-state index in [4.69, 9.17) is 9.47 Å². The van der Waals surface area contributed by atoms with E-state index in [0.717, 1.165) is 12.1 Å². The summed E-state index contributed by atoms with van der Waals surface area (Å²) >= 11 is 0. The van der Waals surface area contributed by atoms with E-state index in [1.165, 1.54) is 64.5 Å². The fourth-order valence-electron chi connectivity index (χ4n) is 4.66. The zero-order chi connectivity index (χ0) is 40.9. The Morgan fingerprint density at radius 3 is 1.32 bits per heavy atom. The molecular formula is C32H40N12O10S2. The Morgan fingerprint density at radius 1 is 0.607 bits per heavy atom. The molecule has 0 unspecified atom stereocenters. The van der Waals surface area contributed by atoms with Crippen LogP contribution in [0.1, 0.15) is 37.8 Å². The molecule has 4 rings (SSSR count). The highest BCUT2D eigenvalue weighted by Gasteiger charge is 2.19. The van der Waals surface area contributed by atoms with E-state index in [-0.39, 0.29) is 70.1 Å². The average Bonchev–Trinajstić information content (AvgIpc) is 3.13. The molecule has 2 heterocycles. The fourth-order valence-corrected chi connectivity index (χ4v) is 6.08. The van der Waals surface area contributed by atoms with Crippen LogP contribution in [0.15, 0.2) is 46.2 Å². The van der Waals surface area contributed by atoms with Gasteiger partial charge in [0.2, 0.25) is 35.6 Å². The maximum Gasteiger partial charge on any atom is 0.322 e. The van der Waals surface area contributed by atoms with Gasteiger partial charge in [0.1, 0.15) is 9.79 Å². The van der Waals surface area contributed by atoms with Crippen molar-refractivity contribution in [3.8, 4) is 12.0 Å². The lowest BCUT2D eigenvalue weighted by Crippen LogP contribution is -2.23. The van der Waals surface area contributed by atoms with Gasteiger partial charge in [-0.2, -0.15) is 46.7 Å². The second kappa shape index (κ2) is 19.4. The Bertz CT molecular complexity index is 2140. The molecular weight excluding hydrogens is 777 g/mol. The summed E-state index contributed by atoms with van der Waals surface area (Å²) < 4.78 is 80.3. The number of nitrogens with zero attached hydrogens (tertiary/aromatic N) is 6. The third-order valence-corrected chi connectivity index (χ3v) is 8.97. The smallest absolute Gasteiger partial charge is 0.322 e. The molecule has 0 fully saturated rings. The van der Waals surface area contributed by atoms with Gasteiger partial charge in [-0.05, 0) is 48.2 Å². The van der Waals surface area contributed by atoms with Crippen molar-refractivity contribution in [2.45, 2.75) is 36.5 Å². The summed E-state index contributed by atoms with van der Waals surface area (Å²) in [6.07, 6.45) is 3.60. The molecule has 300 valence electrons. The Hall–Kier alpha value is -6.24. The third kappa shape index (κ3) is 13.3. The van der Waals surface area contributed by atoms with Gasteiger partial charge in [0.25, 0.3) is 20.2 Å². The van der Waals surface area contributed by atoms with Crippen LogP contribution < -0.4 is 41.4 Å². The molecule has 0 atom stereocenters. The zero-order valence-corrected chi connectivity index (χ0v) is 32.2. The fraction of sp³-hybridized carbons (Fsp3) is 0.312. The molecule has 0 aliphatic rings. The molecule has 0 aliphatic carbocycles. The van der Waals surface area contributed by atoms with Crippen molar-refractivity contribution in [1.82, 2.24) is 40.5 Å². The molecule has 0 spiro atoms.